The number of carbonyl (C=O) groups excluding carboxylic acids is 3. The minimum atomic E-state index is -0.822. The molecule has 0 aromatic rings. The molecule has 0 bridgehead atoms. The molecule has 0 N–H and O–H groups in total. The normalized spacial score (nSPS) is 13.2. The third-order valence-electron chi connectivity index (χ3n) is 7.90. The number of ether oxygens (including phenoxy) is 3. The van der Waals surface area contributed by atoms with E-state index in [-0.39, 0.29) is 44.0 Å². The molecule has 0 amide bonds. The van der Waals surface area contributed by atoms with E-state index in [2.05, 4.69) is 69.4 Å². The second kappa shape index (κ2) is 40.8. The number of unbranched alkanes of at least 4 members (excludes halogenated alkanes) is 10. The Morgan fingerprint density at radius 3 is 1.45 bits per heavy atom. The Hall–Kier alpha value is -3.93. The van der Waals surface area contributed by atoms with Crippen LogP contribution in [0.2, 0.25) is 0 Å². The lowest BCUT2D eigenvalue weighted by atomic mass is 10.1. The van der Waals surface area contributed by atoms with Gasteiger partial charge in [-0.15, -0.1) is 0 Å². The Morgan fingerprint density at radius 2 is 0.849 bits per heavy atom. The van der Waals surface area contributed by atoms with Crippen molar-refractivity contribution in [2.75, 3.05) is 13.2 Å². The largest absolute Gasteiger partial charge is 0.462 e. The van der Waals surface area contributed by atoms with Crippen molar-refractivity contribution >= 4 is 17.9 Å². The molecule has 296 valence electrons. The van der Waals surface area contributed by atoms with Crippen LogP contribution in [-0.4, -0.2) is 37.2 Å². The van der Waals surface area contributed by atoms with Crippen LogP contribution in [0.5, 0.6) is 0 Å². The topological polar surface area (TPSA) is 78.9 Å². The van der Waals surface area contributed by atoms with E-state index in [0.717, 1.165) is 70.6 Å². The lowest BCUT2D eigenvalue weighted by Gasteiger charge is -2.18. The first kappa shape index (κ1) is 49.1. The van der Waals surface area contributed by atoms with Crippen molar-refractivity contribution in [3.05, 3.63) is 109 Å². The van der Waals surface area contributed by atoms with E-state index < -0.39 is 6.10 Å². The molecule has 0 rings (SSSR count). The summed E-state index contributed by atoms with van der Waals surface area (Å²) in [5, 5.41) is 0. The summed E-state index contributed by atoms with van der Waals surface area (Å²) in [6, 6.07) is 0. The first-order valence-corrected chi connectivity index (χ1v) is 20.5. The van der Waals surface area contributed by atoms with Crippen molar-refractivity contribution in [1.29, 1.82) is 0 Å². The van der Waals surface area contributed by atoms with Crippen molar-refractivity contribution in [3.63, 3.8) is 0 Å². The lowest BCUT2D eigenvalue weighted by Crippen LogP contribution is -2.30. The minimum absolute atomic E-state index is 0.124. The van der Waals surface area contributed by atoms with Crippen molar-refractivity contribution in [2.45, 2.75) is 155 Å². The van der Waals surface area contributed by atoms with Gasteiger partial charge >= 0.3 is 17.9 Å². The van der Waals surface area contributed by atoms with Gasteiger partial charge in [-0.25, -0.2) is 0 Å². The molecule has 0 aliphatic rings. The summed E-state index contributed by atoms with van der Waals surface area (Å²) in [7, 11) is 0. The van der Waals surface area contributed by atoms with Gasteiger partial charge in [-0.2, -0.15) is 0 Å². The molecule has 0 aromatic heterocycles. The Bertz CT molecular complexity index is 1160. The molecule has 53 heavy (non-hydrogen) atoms. The van der Waals surface area contributed by atoms with Gasteiger partial charge in [0.2, 0.25) is 0 Å². The van der Waals surface area contributed by atoms with Crippen LogP contribution >= 0.6 is 0 Å². The summed E-state index contributed by atoms with van der Waals surface area (Å²) >= 11 is 0. The van der Waals surface area contributed by atoms with Gasteiger partial charge in [-0.3, -0.25) is 14.4 Å². The summed E-state index contributed by atoms with van der Waals surface area (Å²) < 4.78 is 16.5. The molecule has 1 unspecified atom stereocenters. The maximum atomic E-state index is 12.6. The fraction of sp³-hybridized carbons (Fsp3) is 0.553. The molecule has 0 radical (unpaired) electrons. The van der Waals surface area contributed by atoms with E-state index in [9.17, 15) is 14.4 Å². The quantitative estimate of drug-likeness (QED) is 0.0215. The highest BCUT2D eigenvalue weighted by molar-refractivity contribution is 5.71. The smallest absolute Gasteiger partial charge is 0.306 e. The first-order chi connectivity index (χ1) is 26.0. The van der Waals surface area contributed by atoms with Gasteiger partial charge in [0, 0.05) is 19.3 Å². The molecule has 0 spiro atoms. The molecular weight excluding hydrogens is 661 g/mol. The predicted molar refractivity (Wildman–Crippen MR) is 223 cm³/mol. The van der Waals surface area contributed by atoms with Gasteiger partial charge in [0.1, 0.15) is 13.2 Å². The summed E-state index contributed by atoms with van der Waals surface area (Å²) in [6.07, 6.45) is 53.8. The van der Waals surface area contributed by atoms with Gasteiger partial charge in [0.25, 0.3) is 0 Å². The van der Waals surface area contributed by atoms with Crippen LogP contribution in [0.4, 0.5) is 0 Å². The molecule has 6 nitrogen and oxygen atoms in total. The van der Waals surface area contributed by atoms with Crippen LogP contribution in [0.25, 0.3) is 0 Å². The second-order valence-corrected chi connectivity index (χ2v) is 12.9. The van der Waals surface area contributed by atoms with E-state index in [1.807, 2.05) is 60.8 Å². The van der Waals surface area contributed by atoms with E-state index >= 15 is 0 Å². The summed E-state index contributed by atoms with van der Waals surface area (Å²) in [5.41, 5.74) is 0. The zero-order valence-corrected chi connectivity index (χ0v) is 33.5. The SMILES string of the molecule is CC\C=C/C=C\C=C/C=C\C=C\C=C/CCCCCC(=O)OCC(COC(=O)CCC/C=C\CCCCCC)OC(=O)CCCC/C=C\C/C=C\CC. The van der Waals surface area contributed by atoms with Crippen LogP contribution in [-0.2, 0) is 28.6 Å². The standard InChI is InChI=1S/C47H72O6/c1-4-7-10-13-16-19-20-21-22-23-24-25-26-29-31-34-37-40-46(49)52-43-44(53-47(50)41-38-35-32-28-18-15-12-9-6-3)42-51-45(48)39-36-33-30-27-17-14-11-8-5-2/h7,9-10,12-13,16,18-28,30,44H,4-6,8,11,14-15,17,29,31-43H2,1-3H3/b10-7-,12-9-,16-13-,20-19-,22-21-,24-23+,26-25-,28-18-,30-27-. The first-order valence-electron chi connectivity index (χ1n) is 20.5. The number of hydrogen-bond acceptors (Lipinski definition) is 6. The zero-order chi connectivity index (χ0) is 38.7. The summed E-state index contributed by atoms with van der Waals surface area (Å²) in [4.78, 5) is 37.4. The van der Waals surface area contributed by atoms with Crippen molar-refractivity contribution in [3.8, 4) is 0 Å². The Kier molecular flexibility index (Phi) is 37.8. The Balaban J connectivity index is 4.52. The van der Waals surface area contributed by atoms with Gasteiger partial charge in [0.05, 0.1) is 0 Å². The summed E-state index contributed by atoms with van der Waals surface area (Å²) in [5.74, 6) is -1.06. The van der Waals surface area contributed by atoms with Crippen LogP contribution < -0.4 is 0 Å². The van der Waals surface area contributed by atoms with Crippen LogP contribution in [0.15, 0.2) is 109 Å². The van der Waals surface area contributed by atoms with Crippen molar-refractivity contribution in [1.82, 2.24) is 0 Å². The third-order valence-corrected chi connectivity index (χ3v) is 7.90. The number of allylic oxidation sites excluding steroid dienone is 18. The summed E-state index contributed by atoms with van der Waals surface area (Å²) in [6.45, 7) is 6.18. The number of carbonyl (C=O) groups is 3. The average molecular weight is 733 g/mol. The van der Waals surface area contributed by atoms with Crippen molar-refractivity contribution in [2.24, 2.45) is 0 Å². The van der Waals surface area contributed by atoms with E-state index in [1.165, 1.54) is 25.7 Å². The molecule has 0 aliphatic carbocycles. The fourth-order valence-corrected chi connectivity index (χ4v) is 4.86. The second-order valence-electron chi connectivity index (χ2n) is 12.9. The Morgan fingerprint density at radius 1 is 0.415 bits per heavy atom. The minimum Gasteiger partial charge on any atom is -0.462 e. The third kappa shape index (κ3) is 39.1. The number of esters is 3. The monoisotopic (exact) mass is 733 g/mol. The lowest BCUT2D eigenvalue weighted by molar-refractivity contribution is -0.167. The molecule has 0 heterocycles. The maximum absolute atomic E-state index is 12.6. The predicted octanol–water partition coefficient (Wildman–Crippen LogP) is 12.9. The van der Waals surface area contributed by atoms with E-state index in [1.54, 1.807) is 0 Å². The maximum Gasteiger partial charge on any atom is 0.306 e. The number of rotatable bonds is 34. The average Bonchev–Trinajstić information content (AvgIpc) is 3.15. The van der Waals surface area contributed by atoms with Gasteiger partial charge in [0.15, 0.2) is 6.10 Å². The van der Waals surface area contributed by atoms with Crippen molar-refractivity contribution < 1.29 is 28.6 Å². The van der Waals surface area contributed by atoms with Crippen LogP contribution in [0, 0.1) is 0 Å². The fourth-order valence-electron chi connectivity index (χ4n) is 4.86. The van der Waals surface area contributed by atoms with E-state index in [4.69, 9.17) is 14.2 Å². The molecule has 1 atom stereocenters. The van der Waals surface area contributed by atoms with Gasteiger partial charge in [-0.1, -0.05) is 156 Å². The number of hydrogen-bond donors (Lipinski definition) is 0. The van der Waals surface area contributed by atoms with E-state index in [0.29, 0.717) is 19.3 Å². The molecule has 0 saturated heterocycles. The Labute approximate surface area is 323 Å². The highest BCUT2D eigenvalue weighted by atomic mass is 16.6. The molecule has 0 aromatic carbocycles. The molecule has 0 fully saturated rings. The van der Waals surface area contributed by atoms with Crippen LogP contribution in [0.1, 0.15) is 149 Å². The molecule has 6 heteroatoms. The highest BCUT2D eigenvalue weighted by Crippen LogP contribution is 2.10. The molecule has 0 saturated carbocycles. The highest BCUT2D eigenvalue weighted by Gasteiger charge is 2.19. The molecular formula is C47H72O6. The zero-order valence-electron chi connectivity index (χ0n) is 33.5. The van der Waals surface area contributed by atoms with Gasteiger partial charge in [-0.05, 0) is 83.5 Å². The van der Waals surface area contributed by atoms with Gasteiger partial charge < -0.3 is 14.2 Å². The van der Waals surface area contributed by atoms with Crippen LogP contribution in [0.3, 0.4) is 0 Å². The molecule has 0 aliphatic heterocycles.